The molecule has 0 aliphatic carbocycles. The fourth-order valence-electron chi connectivity index (χ4n) is 2.99. The number of hydrogen-bond donors (Lipinski definition) is 0. The second kappa shape index (κ2) is 6.43. The van der Waals surface area contributed by atoms with Crippen LogP contribution in [-0.2, 0) is 0 Å². The molecule has 0 saturated heterocycles. The van der Waals surface area contributed by atoms with E-state index in [4.69, 9.17) is 9.47 Å². The van der Waals surface area contributed by atoms with E-state index in [1.54, 1.807) is 13.0 Å². The fourth-order valence-corrected chi connectivity index (χ4v) is 3.63. The van der Waals surface area contributed by atoms with Crippen molar-refractivity contribution in [2.45, 2.75) is 46.6 Å². The van der Waals surface area contributed by atoms with E-state index >= 15 is 0 Å². The number of fused-ring (bicyclic) bond motifs is 1. The van der Waals surface area contributed by atoms with Crippen LogP contribution in [0.5, 0.6) is 11.5 Å². The molecular formula is C19H23BrFNO2. The largest absolute Gasteiger partial charge is 0.423 e. The van der Waals surface area contributed by atoms with Crippen LogP contribution in [0, 0.1) is 5.92 Å². The molecule has 2 aliphatic rings. The molecule has 5 heteroatoms. The van der Waals surface area contributed by atoms with Crippen LogP contribution in [0.25, 0.3) is 0 Å². The van der Waals surface area contributed by atoms with Gasteiger partial charge in [-0.1, -0.05) is 43.6 Å². The zero-order valence-electron chi connectivity index (χ0n) is 14.5. The lowest BCUT2D eigenvalue weighted by molar-refractivity contribution is -0.191. The fraction of sp³-hybridized carbons (Fsp3) is 0.474. The van der Waals surface area contributed by atoms with Crippen LogP contribution in [0.4, 0.5) is 10.1 Å². The Labute approximate surface area is 151 Å². The lowest BCUT2D eigenvalue weighted by atomic mass is 10.0. The van der Waals surface area contributed by atoms with Crippen LogP contribution in [-0.4, -0.2) is 12.6 Å². The Morgan fingerprint density at radius 3 is 2.58 bits per heavy atom. The number of ether oxygens (including phenoxy) is 2. The second-order valence-electron chi connectivity index (χ2n) is 6.46. The number of allylic oxidation sites excluding steroid dienone is 3. The number of nitrogens with zero attached hydrogens (tertiary/aromatic N) is 1. The molecule has 2 heterocycles. The Balaban J connectivity index is 1.96. The highest BCUT2D eigenvalue weighted by molar-refractivity contribution is 9.11. The number of alkyl halides is 1. The summed E-state index contributed by atoms with van der Waals surface area (Å²) in [5.74, 6) is 1.30. The highest BCUT2D eigenvalue weighted by atomic mass is 79.9. The third-order valence-electron chi connectivity index (χ3n) is 4.48. The maximum Gasteiger partial charge on any atom is 0.407 e. The number of halogens is 2. The summed E-state index contributed by atoms with van der Waals surface area (Å²) in [5.41, 5.74) is 3.55. The summed E-state index contributed by atoms with van der Waals surface area (Å²) in [7, 11) is 0. The van der Waals surface area contributed by atoms with Gasteiger partial charge in [0.25, 0.3) is 0 Å². The van der Waals surface area contributed by atoms with Gasteiger partial charge in [-0.2, -0.15) is 4.39 Å². The Morgan fingerprint density at radius 1 is 1.25 bits per heavy atom. The van der Waals surface area contributed by atoms with Gasteiger partial charge in [-0.05, 0) is 36.1 Å². The first kappa shape index (κ1) is 17.3. The maximum absolute atomic E-state index is 14.3. The number of benzene rings is 1. The van der Waals surface area contributed by atoms with Crippen molar-refractivity contribution in [3.8, 4) is 11.5 Å². The Hall–Kier alpha value is -1.49. The zero-order valence-corrected chi connectivity index (χ0v) is 16.1. The van der Waals surface area contributed by atoms with Gasteiger partial charge < -0.3 is 14.4 Å². The smallest absolute Gasteiger partial charge is 0.407 e. The molecule has 130 valence electrons. The van der Waals surface area contributed by atoms with Crippen molar-refractivity contribution in [2.24, 2.45) is 5.92 Å². The van der Waals surface area contributed by atoms with Gasteiger partial charge in [-0.25, -0.2) is 0 Å². The molecule has 0 radical (unpaired) electrons. The van der Waals surface area contributed by atoms with Crippen molar-refractivity contribution >= 4 is 21.6 Å². The summed E-state index contributed by atoms with van der Waals surface area (Å²) in [6.07, 6.45) is 3.31. The number of rotatable bonds is 4. The van der Waals surface area contributed by atoms with Gasteiger partial charge in [0, 0.05) is 28.5 Å². The lowest BCUT2D eigenvalue weighted by Crippen LogP contribution is -2.31. The van der Waals surface area contributed by atoms with Gasteiger partial charge in [0.05, 0.1) is 6.42 Å². The highest BCUT2D eigenvalue weighted by Crippen LogP contribution is 2.45. The summed E-state index contributed by atoms with van der Waals surface area (Å²) in [6.45, 7) is 9.02. The molecule has 0 N–H and O–H groups in total. The Bertz CT molecular complexity index is 713. The summed E-state index contributed by atoms with van der Waals surface area (Å²) in [6, 6.07) is 3.58. The third kappa shape index (κ3) is 3.06. The minimum atomic E-state index is -2.04. The van der Waals surface area contributed by atoms with E-state index < -0.39 is 6.04 Å². The number of hydrogen-bond acceptors (Lipinski definition) is 3. The van der Waals surface area contributed by atoms with Crippen LogP contribution in [0.15, 0.2) is 40.0 Å². The topological polar surface area (TPSA) is 21.7 Å². The molecule has 0 bridgehead atoms. The maximum atomic E-state index is 14.3. The molecule has 3 nitrogen and oxygen atoms in total. The first-order chi connectivity index (χ1) is 11.4. The molecule has 24 heavy (non-hydrogen) atoms. The van der Waals surface area contributed by atoms with Crippen molar-refractivity contribution in [3.63, 3.8) is 0 Å². The van der Waals surface area contributed by atoms with Crippen molar-refractivity contribution in [1.82, 2.24) is 0 Å². The standard InChI is InChI=1S/C19H23BrFNO2/c1-5-13-11-22(16(12(3)4)10-15(13)20)14-7-8-17-18(9-14)24-19(21,6-2)23-17/h7-10,12H,5-6,11H2,1-4H3. The molecule has 0 aromatic heterocycles. The summed E-state index contributed by atoms with van der Waals surface area (Å²) < 4.78 is 26.1. The van der Waals surface area contributed by atoms with Gasteiger partial charge in [-0.3, -0.25) is 0 Å². The molecule has 1 atom stereocenters. The minimum absolute atomic E-state index is 0.146. The monoisotopic (exact) mass is 395 g/mol. The highest BCUT2D eigenvalue weighted by Gasteiger charge is 2.40. The van der Waals surface area contributed by atoms with Crippen LogP contribution in [0.3, 0.4) is 0 Å². The first-order valence-corrected chi connectivity index (χ1v) is 9.23. The average Bonchev–Trinajstić information content (AvgIpc) is 2.90. The zero-order chi connectivity index (χ0) is 17.5. The SMILES string of the molecule is CCC1=C(Br)C=C(C(C)C)N(c2ccc3c(c2)OC(F)(CC)O3)C1. The van der Waals surface area contributed by atoms with Crippen molar-refractivity contribution in [3.05, 3.63) is 40.0 Å². The van der Waals surface area contributed by atoms with E-state index in [1.807, 2.05) is 12.1 Å². The van der Waals surface area contributed by atoms with E-state index in [-0.39, 0.29) is 6.42 Å². The summed E-state index contributed by atoms with van der Waals surface area (Å²) >= 11 is 3.68. The normalized spacial score (nSPS) is 23.1. The van der Waals surface area contributed by atoms with Crippen LogP contribution in [0.2, 0.25) is 0 Å². The molecule has 0 amide bonds. The van der Waals surface area contributed by atoms with Gasteiger partial charge in [0.15, 0.2) is 11.5 Å². The van der Waals surface area contributed by atoms with Gasteiger partial charge in [-0.15, -0.1) is 0 Å². The van der Waals surface area contributed by atoms with Crippen molar-refractivity contribution in [2.75, 3.05) is 11.4 Å². The molecule has 3 rings (SSSR count). The molecular weight excluding hydrogens is 373 g/mol. The predicted molar refractivity (Wildman–Crippen MR) is 98.3 cm³/mol. The molecule has 1 unspecified atom stereocenters. The van der Waals surface area contributed by atoms with E-state index in [0.717, 1.165) is 18.7 Å². The summed E-state index contributed by atoms with van der Waals surface area (Å²) in [4.78, 5) is 2.27. The van der Waals surface area contributed by atoms with Crippen molar-refractivity contribution < 1.29 is 13.9 Å². The van der Waals surface area contributed by atoms with E-state index in [9.17, 15) is 4.39 Å². The first-order valence-electron chi connectivity index (χ1n) is 8.44. The predicted octanol–water partition coefficient (Wildman–Crippen LogP) is 5.91. The molecule has 1 aromatic rings. The van der Waals surface area contributed by atoms with E-state index in [2.05, 4.69) is 47.7 Å². The van der Waals surface area contributed by atoms with Gasteiger partial charge >= 0.3 is 6.04 Å². The van der Waals surface area contributed by atoms with Crippen LogP contribution in [0.1, 0.15) is 40.5 Å². The minimum Gasteiger partial charge on any atom is -0.423 e. The van der Waals surface area contributed by atoms with Crippen LogP contribution < -0.4 is 14.4 Å². The van der Waals surface area contributed by atoms with Gasteiger partial charge in [0.2, 0.25) is 0 Å². The number of anilines is 1. The third-order valence-corrected chi connectivity index (χ3v) is 5.27. The van der Waals surface area contributed by atoms with E-state index in [0.29, 0.717) is 17.4 Å². The van der Waals surface area contributed by atoms with Gasteiger partial charge in [0.1, 0.15) is 0 Å². The molecule has 1 aromatic carbocycles. The Kier molecular flexibility index (Phi) is 4.65. The molecule has 0 spiro atoms. The van der Waals surface area contributed by atoms with Crippen molar-refractivity contribution in [1.29, 1.82) is 0 Å². The second-order valence-corrected chi connectivity index (χ2v) is 7.32. The molecule has 0 fully saturated rings. The molecule has 2 aliphatic heterocycles. The summed E-state index contributed by atoms with van der Waals surface area (Å²) in [5, 5.41) is 0. The Morgan fingerprint density at radius 2 is 1.96 bits per heavy atom. The van der Waals surface area contributed by atoms with Crippen LogP contribution >= 0.6 is 15.9 Å². The molecule has 0 saturated carbocycles. The average molecular weight is 396 g/mol. The quantitative estimate of drug-likeness (QED) is 0.632. The lowest BCUT2D eigenvalue weighted by Gasteiger charge is -2.34. The van der Waals surface area contributed by atoms with E-state index in [1.165, 1.54) is 15.8 Å².